The lowest BCUT2D eigenvalue weighted by Gasteiger charge is -2.25. The Morgan fingerprint density at radius 1 is 0.708 bits per heavy atom. The number of aromatic amines is 1. The SMILES string of the molecule is NC(N)=NCCCC(N)C(=O)NC(Cc1ccccc1)C(=O)NC(Cc1c[nH]c2ccccc12)C(=O)NC(CCCN=C(N)N)C(=O)O. The van der Waals surface area contributed by atoms with Gasteiger partial charge >= 0.3 is 5.97 Å². The van der Waals surface area contributed by atoms with Crippen LogP contribution in [-0.4, -0.2) is 83.0 Å². The monoisotopic (exact) mass is 663 g/mol. The summed E-state index contributed by atoms with van der Waals surface area (Å²) in [5, 5.41) is 18.7. The molecule has 0 aliphatic carbocycles. The molecule has 0 saturated heterocycles. The van der Waals surface area contributed by atoms with E-state index >= 15 is 0 Å². The zero-order chi connectivity index (χ0) is 35.1. The number of H-pyrrole nitrogens is 1. The van der Waals surface area contributed by atoms with Crippen LogP contribution in [0.15, 0.2) is 70.8 Å². The predicted octanol–water partition coefficient (Wildman–Crippen LogP) is -1.07. The molecule has 1 aromatic heterocycles. The standard InChI is InChI=1S/C32H45N11O5/c33-22(11-6-14-38-31(34)35)27(44)42-25(16-19-8-2-1-3-9-19)28(45)43-26(17-20-18-40-23-12-5-4-10-21(20)23)29(46)41-24(30(47)48)13-7-15-39-32(36)37/h1-5,8-10,12,18,22,24-26,40H,6-7,11,13-17,33H2,(H,41,46)(H,42,44)(H,43,45)(H,47,48)(H4,34,35,38)(H4,36,37,39). The highest BCUT2D eigenvalue weighted by Gasteiger charge is 2.31. The van der Waals surface area contributed by atoms with E-state index in [2.05, 4.69) is 30.9 Å². The van der Waals surface area contributed by atoms with E-state index in [0.29, 0.717) is 6.42 Å². The van der Waals surface area contributed by atoms with Gasteiger partial charge in [-0.15, -0.1) is 0 Å². The van der Waals surface area contributed by atoms with E-state index in [1.54, 1.807) is 30.5 Å². The second-order valence-electron chi connectivity index (χ2n) is 11.3. The number of nitrogens with zero attached hydrogens (tertiary/aromatic N) is 2. The van der Waals surface area contributed by atoms with E-state index in [1.807, 2.05) is 30.3 Å². The first kappa shape index (κ1) is 36.8. The lowest BCUT2D eigenvalue weighted by molar-refractivity contribution is -0.142. The highest BCUT2D eigenvalue weighted by molar-refractivity contribution is 5.95. The highest BCUT2D eigenvalue weighted by Crippen LogP contribution is 2.19. The number of carbonyl (C=O) groups is 4. The summed E-state index contributed by atoms with van der Waals surface area (Å²) in [7, 11) is 0. The maximum atomic E-state index is 13.9. The number of hydrogen-bond acceptors (Lipinski definition) is 7. The number of fused-ring (bicyclic) bond motifs is 1. The number of aliphatic carboxylic acids is 1. The van der Waals surface area contributed by atoms with Gasteiger partial charge in [0, 0.05) is 43.0 Å². The minimum atomic E-state index is -1.27. The molecule has 4 atom stereocenters. The number of hydrogen-bond donors (Lipinski definition) is 10. The molecule has 1 heterocycles. The first-order valence-corrected chi connectivity index (χ1v) is 15.5. The van der Waals surface area contributed by atoms with Gasteiger partial charge < -0.3 is 54.7 Å². The lowest BCUT2D eigenvalue weighted by atomic mass is 10.0. The summed E-state index contributed by atoms with van der Waals surface area (Å²) in [6, 6.07) is 11.9. The number of carboxylic acids is 1. The van der Waals surface area contributed by atoms with Crippen molar-refractivity contribution in [2.75, 3.05) is 13.1 Å². The molecule has 3 aromatic rings. The normalized spacial score (nSPS) is 13.4. The summed E-state index contributed by atoms with van der Waals surface area (Å²) in [5.41, 5.74) is 29.8. The van der Waals surface area contributed by atoms with Crippen molar-refractivity contribution in [3.63, 3.8) is 0 Å². The van der Waals surface area contributed by atoms with Gasteiger partial charge in [-0.05, 0) is 42.9 Å². The molecule has 3 rings (SSSR count). The fraction of sp³-hybridized carbons (Fsp3) is 0.375. The van der Waals surface area contributed by atoms with Crippen molar-refractivity contribution >= 4 is 46.5 Å². The fourth-order valence-corrected chi connectivity index (χ4v) is 5.02. The quantitative estimate of drug-likeness (QED) is 0.0420. The topological polar surface area (TPSA) is 295 Å². The molecular formula is C32H45N11O5. The average Bonchev–Trinajstić information content (AvgIpc) is 3.46. The van der Waals surface area contributed by atoms with E-state index < -0.39 is 47.9 Å². The largest absolute Gasteiger partial charge is 0.480 e. The summed E-state index contributed by atoms with van der Waals surface area (Å²) in [6.07, 6.45) is 2.87. The van der Waals surface area contributed by atoms with Crippen LogP contribution in [0.4, 0.5) is 0 Å². The van der Waals surface area contributed by atoms with E-state index in [-0.39, 0.29) is 57.1 Å². The molecule has 258 valence electrons. The maximum absolute atomic E-state index is 13.9. The molecule has 0 bridgehead atoms. The molecule has 0 fully saturated rings. The van der Waals surface area contributed by atoms with Crippen LogP contribution >= 0.6 is 0 Å². The van der Waals surface area contributed by atoms with Crippen molar-refractivity contribution in [3.05, 3.63) is 71.9 Å². The number of aromatic nitrogens is 1. The minimum absolute atomic E-state index is 0.0260. The number of aliphatic imine (C=N–C) groups is 2. The van der Waals surface area contributed by atoms with Gasteiger partial charge in [0.2, 0.25) is 17.7 Å². The molecule has 2 aromatic carbocycles. The van der Waals surface area contributed by atoms with E-state index in [4.69, 9.17) is 28.7 Å². The molecular weight excluding hydrogens is 618 g/mol. The number of nitrogens with two attached hydrogens (primary N) is 5. The zero-order valence-electron chi connectivity index (χ0n) is 26.6. The summed E-state index contributed by atoms with van der Waals surface area (Å²) in [4.78, 5) is 63.6. The molecule has 3 amide bonds. The lowest BCUT2D eigenvalue weighted by Crippen LogP contribution is -2.58. The average molecular weight is 664 g/mol. The van der Waals surface area contributed by atoms with Gasteiger partial charge in [0.05, 0.1) is 6.04 Å². The summed E-state index contributed by atoms with van der Waals surface area (Å²) < 4.78 is 0. The van der Waals surface area contributed by atoms with E-state index in [9.17, 15) is 24.3 Å². The Labute approximate surface area is 278 Å². The van der Waals surface area contributed by atoms with Crippen LogP contribution in [0.3, 0.4) is 0 Å². The van der Waals surface area contributed by atoms with Crippen LogP contribution in [0.5, 0.6) is 0 Å². The molecule has 48 heavy (non-hydrogen) atoms. The van der Waals surface area contributed by atoms with E-state index in [0.717, 1.165) is 22.0 Å². The third kappa shape index (κ3) is 11.9. The van der Waals surface area contributed by atoms with Crippen molar-refractivity contribution in [3.8, 4) is 0 Å². The molecule has 15 N–H and O–H groups in total. The third-order valence-electron chi connectivity index (χ3n) is 7.51. The number of guanidine groups is 2. The second-order valence-corrected chi connectivity index (χ2v) is 11.3. The Kier molecular flexibility index (Phi) is 14.2. The number of rotatable bonds is 19. The Hall–Kier alpha value is -5.64. The Morgan fingerprint density at radius 3 is 1.88 bits per heavy atom. The Bertz CT molecular complexity index is 1580. The molecule has 0 saturated carbocycles. The molecule has 16 heteroatoms. The first-order valence-electron chi connectivity index (χ1n) is 15.5. The summed E-state index contributed by atoms with van der Waals surface area (Å²) in [5.74, 6) is -3.40. The molecule has 0 spiro atoms. The highest BCUT2D eigenvalue weighted by atomic mass is 16.4. The Morgan fingerprint density at radius 2 is 1.25 bits per heavy atom. The number of carboxylic acid groups (broad SMARTS) is 1. The van der Waals surface area contributed by atoms with Gasteiger partial charge in [-0.3, -0.25) is 24.4 Å². The summed E-state index contributed by atoms with van der Waals surface area (Å²) >= 11 is 0. The number of carbonyl (C=O) groups excluding carboxylic acids is 3. The number of benzene rings is 2. The van der Waals surface area contributed by atoms with Crippen LogP contribution in [-0.2, 0) is 32.0 Å². The number of para-hydroxylation sites is 1. The van der Waals surface area contributed by atoms with E-state index in [1.165, 1.54) is 0 Å². The summed E-state index contributed by atoms with van der Waals surface area (Å²) in [6.45, 7) is 0.461. The minimum Gasteiger partial charge on any atom is -0.480 e. The molecule has 16 nitrogen and oxygen atoms in total. The predicted molar refractivity (Wildman–Crippen MR) is 183 cm³/mol. The van der Waals surface area contributed by atoms with Crippen LogP contribution in [0.25, 0.3) is 10.9 Å². The maximum Gasteiger partial charge on any atom is 0.326 e. The molecule has 0 radical (unpaired) electrons. The second kappa shape index (κ2) is 18.5. The van der Waals surface area contributed by atoms with Crippen LogP contribution in [0, 0.1) is 0 Å². The van der Waals surface area contributed by atoms with Crippen molar-refractivity contribution in [2.45, 2.75) is 62.7 Å². The number of amides is 3. The van der Waals surface area contributed by atoms with Crippen LogP contribution in [0.1, 0.15) is 36.8 Å². The Balaban J connectivity index is 1.84. The third-order valence-corrected chi connectivity index (χ3v) is 7.51. The molecule has 0 aliphatic heterocycles. The van der Waals surface area contributed by atoms with Crippen molar-refractivity contribution in [1.29, 1.82) is 0 Å². The smallest absolute Gasteiger partial charge is 0.326 e. The molecule has 4 unspecified atom stereocenters. The zero-order valence-corrected chi connectivity index (χ0v) is 26.6. The van der Waals surface area contributed by atoms with Crippen LogP contribution < -0.4 is 44.6 Å². The van der Waals surface area contributed by atoms with Crippen LogP contribution in [0.2, 0.25) is 0 Å². The van der Waals surface area contributed by atoms with Gasteiger partial charge in [0.1, 0.15) is 18.1 Å². The number of nitrogens with one attached hydrogen (secondary N) is 4. The van der Waals surface area contributed by atoms with Crippen molar-refractivity contribution in [2.24, 2.45) is 38.7 Å². The van der Waals surface area contributed by atoms with Gasteiger partial charge in [-0.2, -0.15) is 0 Å². The van der Waals surface area contributed by atoms with Gasteiger partial charge in [-0.25, -0.2) is 4.79 Å². The molecule has 0 aliphatic rings. The van der Waals surface area contributed by atoms with Crippen molar-refractivity contribution in [1.82, 2.24) is 20.9 Å². The first-order chi connectivity index (χ1) is 22.9. The van der Waals surface area contributed by atoms with Gasteiger partial charge in [0.15, 0.2) is 11.9 Å². The fourth-order valence-electron chi connectivity index (χ4n) is 5.02. The van der Waals surface area contributed by atoms with Gasteiger partial charge in [0.25, 0.3) is 0 Å². The van der Waals surface area contributed by atoms with Crippen molar-refractivity contribution < 1.29 is 24.3 Å². The van der Waals surface area contributed by atoms with Gasteiger partial charge in [-0.1, -0.05) is 48.5 Å².